The van der Waals surface area contributed by atoms with Gasteiger partial charge in [0.15, 0.2) is 0 Å². The molecular weight excluding hydrogens is 403 g/mol. The van der Waals surface area contributed by atoms with Crippen molar-refractivity contribution in [2.45, 2.75) is 162 Å². The Kier molecular flexibility index (Phi) is 19.9. The molecule has 190 valence electrons. The van der Waals surface area contributed by atoms with Crippen LogP contribution in [0.5, 0.6) is 0 Å². The molecule has 0 rings (SSSR count). The molecule has 0 bridgehead atoms. The van der Waals surface area contributed by atoms with E-state index in [0.717, 1.165) is 25.7 Å². The van der Waals surface area contributed by atoms with Crippen molar-refractivity contribution in [3.05, 3.63) is 0 Å². The molecule has 0 heterocycles. The first kappa shape index (κ1) is 31.3. The van der Waals surface area contributed by atoms with Crippen LogP contribution in [0.2, 0.25) is 0 Å². The Morgan fingerprint density at radius 3 is 1.00 bits per heavy atom. The zero-order valence-electron chi connectivity index (χ0n) is 21.9. The van der Waals surface area contributed by atoms with E-state index in [1.54, 1.807) is 0 Å². The van der Waals surface area contributed by atoms with Crippen LogP contribution in [0.15, 0.2) is 0 Å². The molecule has 0 amide bonds. The normalized spacial score (nSPS) is 13.6. The van der Waals surface area contributed by atoms with Gasteiger partial charge >= 0.3 is 196 Å². The third kappa shape index (κ3) is 20.6. The Morgan fingerprint density at radius 2 is 0.742 bits per heavy atom. The number of unbranched alkanes of at least 4 members (excludes halogenated alkanes) is 18. The van der Waals surface area contributed by atoms with Gasteiger partial charge in [-0.2, -0.15) is 0 Å². The maximum atomic E-state index is 11.2. The van der Waals surface area contributed by atoms with E-state index in [9.17, 15) is 9.79 Å². The Balaban J connectivity index is 3.96. The van der Waals surface area contributed by atoms with Crippen LogP contribution >= 0.6 is 7.28 Å². The molecule has 0 aromatic heterocycles. The second kappa shape index (κ2) is 19.7. The van der Waals surface area contributed by atoms with Crippen molar-refractivity contribution in [1.82, 2.24) is 0 Å². The van der Waals surface area contributed by atoms with Gasteiger partial charge in [-0.15, -0.1) is 0 Å². The van der Waals surface area contributed by atoms with Crippen molar-refractivity contribution in [3.63, 3.8) is 0 Å². The first-order chi connectivity index (χ1) is 14.8. The summed E-state index contributed by atoms with van der Waals surface area (Å²) in [6.07, 6.45) is 25.9. The molecule has 0 aromatic rings. The minimum atomic E-state index is -3.98. The molecule has 0 aliphatic rings. The summed E-state index contributed by atoms with van der Waals surface area (Å²) < 4.78 is 5.83. The van der Waals surface area contributed by atoms with Gasteiger partial charge in [0.25, 0.3) is 0 Å². The van der Waals surface area contributed by atoms with Crippen LogP contribution in [0.1, 0.15) is 156 Å². The number of hydrogen-bond acceptors (Lipinski definition) is 3. The van der Waals surface area contributed by atoms with Crippen LogP contribution in [-0.4, -0.2) is 28.2 Å². The van der Waals surface area contributed by atoms with Crippen molar-refractivity contribution in [1.29, 1.82) is 0 Å². The fraction of sp³-hybridized carbons (Fsp3) is 1.00. The van der Waals surface area contributed by atoms with Crippen LogP contribution in [0.4, 0.5) is 0 Å². The van der Waals surface area contributed by atoms with E-state index in [-0.39, 0.29) is 6.10 Å². The van der Waals surface area contributed by atoms with Gasteiger partial charge in [-0.1, -0.05) is 0 Å². The van der Waals surface area contributed by atoms with Gasteiger partial charge < -0.3 is 0 Å². The van der Waals surface area contributed by atoms with E-state index in [1.165, 1.54) is 103 Å². The van der Waals surface area contributed by atoms with Crippen LogP contribution < -0.4 is 0 Å². The van der Waals surface area contributed by atoms with E-state index in [2.05, 4.69) is 13.8 Å². The van der Waals surface area contributed by atoms with Gasteiger partial charge in [-0.25, -0.2) is 0 Å². The Bertz CT molecular complexity index is 357. The predicted molar refractivity (Wildman–Crippen MR) is 141 cm³/mol. The maximum absolute atomic E-state index is 11.2. The summed E-state index contributed by atoms with van der Waals surface area (Å²) >= 11 is 0. The quantitative estimate of drug-likeness (QED) is 0.111. The standard InChI is InChI=1S/C27H59O3P/c1-5-7-9-11-13-15-17-19-21-23-25-31(28,29,30-27(3)4)26-24-22-20-18-16-14-12-10-8-6-2/h27-29H,5-26H2,1-4H3. The molecule has 0 spiro atoms. The van der Waals surface area contributed by atoms with E-state index in [0.29, 0.717) is 12.3 Å². The zero-order valence-corrected chi connectivity index (χ0v) is 22.8. The van der Waals surface area contributed by atoms with Crippen LogP contribution in [0.25, 0.3) is 0 Å². The average Bonchev–Trinajstić information content (AvgIpc) is 2.70. The monoisotopic (exact) mass is 462 g/mol. The second-order valence-corrected chi connectivity index (χ2v) is 14.0. The van der Waals surface area contributed by atoms with Gasteiger partial charge in [-0.3, -0.25) is 0 Å². The second-order valence-electron chi connectivity index (χ2n) is 10.3. The summed E-state index contributed by atoms with van der Waals surface area (Å²) in [5.74, 6) is 0. The summed E-state index contributed by atoms with van der Waals surface area (Å²) in [5.41, 5.74) is 0. The van der Waals surface area contributed by atoms with E-state index in [4.69, 9.17) is 4.52 Å². The third-order valence-electron chi connectivity index (χ3n) is 6.38. The molecule has 0 atom stereocenters. The molecule has 0 aromatic carbocycles. The van der Waals surface area contributed by atoms with Crippen LogP contribution in [0.3, 0.4) is 0 Å². The van der Waals surface area contributed by atoms with E-state index >= 15 is 0 Å². The Hall–Kier alpha value is 0.310. The third-order valence-corrected chi connectivity index (χ3v) is 9.71. The molecule has 0 radical (unpaired) electrons. The number of hydrogen-bond donors (Lipinski definition) is 2. The molecule has 0 saturated heterocycles. The van der Waals surface area contributed by atoms with E-state index in [1.807, 2.05) is 13.8 Å². The molecule has 31 heavy (non-hydrogen) atoms. The molecule has 0 saturated carbocycles. The van der Waals surface area contributed by atoms with Gasteiger partial charge in [0.1, 0.15) is 0 Å². The molecule has 0 aliphatic carbocycles. The Labute approximate surface area is 196 Å². The van der Waals surface area contributed by atoms with Gasteiger partial charge in [0.05, 0.1) is 0 Å². The predicted octanol–water partition coefficient (Wildman–Crippen LogP) is 9.54. The van der Waals surface area contributed by atoms with Crippen molar-refractivity contribution >= 4 is 7.28 Å². The fourth-order valence-corrected chi connectivity index (χ4v) is 7.66. The van der Waals surface area contributed by atoms with E-state index < -0.39 is 7.28 Å². The average molecular weight is 463 g/mol. The van der Waals surface area contributed by atoms with Gasteiger partial charge in [-0.05, 0) is 0 Å². The fourth-order valence-electron chi connectivity index (χ4n) is 4.54. The summed E-state index contributed by atoms with van der Waals surface area (Å²) in [7, 11) is -3.98. The summed E-state index contributed by atoms with van der Waals surface area (Å²) in [6, 6.07) is 0. The minimum absolute atomic E-state index is 0.126. The van der Waals surface area contributed by atoms with Crippen LogP contribution in [-0.2, 0) is 4.52 Å². The molecular formula is C27H59O3P. The number of rotatable bonds is 24. The molecule has 4 heteroatoms. The van der Waals surface area contributed by atoms with Gasteiger partial charge in [0.2, 0.25) is 0 Å². The molecule has 0 fully saturated rings. The molecule has 2 N–H and O–H groups in total. The summed E-state index contributed by atoms with van der Waals surface area (Å²) in [6.45, 7) is 8.37. The zero-order chi connectivity index (χ0) is 23.3. The van der Waals surface area contributed by atoms with Crippen molar-refractivity contribution < 1.29 is 14.3 Å². The van der Waals surface area contributed by atoms with Crippen molar-refractivity contribution in [3.8, 4) is 0 Å². The Morgan fingerprint density at radius 1 is 0.484 bits per heavy atom. The topological polar surface area (TPSA) is 49.7 Å². The molecule has 0 aliphatic heterocycles. The molecule has 0 unspecified atom stereocenters. The first-order valence-corrected chi connectivity index (χ1v) is 16.4. The molecule has 3 nitrogen and oxygen atoms in total. The summed E-state index contributed by atoms with van der Waals surface area (Å²) in [5, 5.41) is 0. The van der Waals surface area contributed by atoms with Crippen molar-refractivity contribution in [2.75, 3.05) is 12.3 Å². The van der Waals surface area contributed by atoms with Gasteiger partial charge in [0, 0.05) is 0 Å². The SMILES string of the molecule is CCCCCCCCCCCCP(O)(O)(CCCCCCCCCCCC)OC(C)C. The van der Waals surface area contributed by atoms with Crippen molar-refractivity contribution in [2.24, 2.45) is 0 Å². The summed E-state index contributed by atoms with van der Waals surface area (Å²) in [4.78, 5) is 22.3. The first-order valence-electron chi connectivity index (χ1n) is 14.0. The van der Waals surface area contributed by atoms with Crippen LogP contribution in [0, 0.1) is 0 Å².